The number of aromatic nitrogens is 1. The van der Waals surface area contributed by atoms with Gasteiger partial charge in [-0.2, -0.15) is 0 Å². The molecular weight excluding hydrogens is 244 g/mol. The zero-order valence-corrected chi connectivity index (χ0v) is 9.76. The molecule has 6 heteroatoms. The summed E-state index contributed by atoms with van der Waals surface area (Å²) in [4.78, 5) is 24.8. The maximum atomic E-state index is 11.3. The second kappa shape index (κ2) is 6.75. The van der Waals surface area contributed by atoms with Gasteiger partial charge in [-0.1, -0.05) is 17.7 Å². The predicted molar refractivity (Wildman–Crippen MR) is 64.4 cm³/mol. The summed E-state index contributed by atoms with van der Waals surface area (Å²) in [6, 6.07) is 3.36. The largest absolute Gasteiger partial charge is 0.295 e. The van der Waals surface area contributed by atoms with Crippen molar-refractivity contribution in [1.29, 1.82) is 0 Å². The first kappa shape index (κ1) is 13.3. The molecular formula is C11H11ClN2O3. The number of carbonyl (C=O) groups is 1. The molecule has 0 amide bonds. The van der Waals surface area contributed by atoms with Crippen LogP contribution in [0.5, 0.6) is 0 Å². The van der Waals surface area contributed by atoms with Crippen LogP contribution >= 0.6 is 11.6 Å². The van der Waals surface area contributed by atoms with Gasteiger partial charge in [-0.3, -0.25) is 14.9 Å². The third kappa shape index (κ3) is 5.77. The van der Waals surface area contributed by atoms with Crippen molar-refractivity contribution < 1.29 is 9.72 Å². The summed E-state index contributed by atoms with van der Waals surface area (Å²) in [6.45, 7) is -0.178. The van der Waals surface area contributed by atoms with Gasteiger partial charge in [-0.15, -0.1) is 0 Å². The van der Waals surface area contributed by atoms with Crippen molar-refractivity contribution in [3.8, 4) is 0 Å². The molecule has 1 heterocycles. The Kier molecular flexibility index (Phi) is 5.29. The Hall–Kier alpha value is -1.75. The molecule has 0 aliphatic rings. The fraction of sp³-hybridized carbons (Fsp3) is 0.273. The first-order chi connectivity index (χ1) is 8.08. The topological polar surface area (TPSA) is 73.1 Å². The minimum absolute atomic E-state index is 0.137. The van der Waals surface area contributed by atoms with Gasteiger partial charge in [0.2, 0.25) is 6.54 Å². The van der Waals surface area contributed by atoms with E-state index >= 15 is 0 Å². The lowest BCUT2D eigenvalue weighted by molar-refractivity contribution is -0.480. The van der Waals surface area contributed by atoms with Gasteiger partial charge in [-0.05, 0) is 23.8 Å². The molecule has 0 aliphatic heterocycles. The molecule has 0 spiro atoms. The highest BCUT2D eigenvalue weighted by molar-refractivity contribution is 6.29. The first-order valence-corrected chi connectivity index (χ1v) is 5.40. The molecule has 1 aromatic heterocycles. The molecule has 0 atom stereocenters. The van der Waals surface area contributed by atoms with Crippen LogP contribution in [0.15, 0.2) is 24.4 Å². The summed E-state index contributed by atoms with van der Waals surface area (Å²) in [5.74, 6) is -0.137. The zero-order chi connectivity index (χ0) is 12.7. The van der Waals surface area contributed by atoms with E-state index in [0.29, 0.717) is 5.15 Å². The number of rotatable bonds is 6. The minimum atomic E-state index is -0.430. The number of pyridine rings is 1. The van der Waals surface area contributed by atoms with Crippen molar-refractivity contribution in [1.82, 2.24) is 4.98 Å². The number of hydrogen-bond acceptors (Lipinski definition) is 4. The van der Waals surface area contributed by atoms with E-state index in [4.69, 9.17) is 11.6 Å². The standard InChI is InChI=1S/C11H11ClN2O3/c12-11-6-4-9(8-13-11)3-5-10(15)2-1-7-14(16)17/h3-6,8H,1-2,7H2. The summed E-state index contributed by atoms with van der Waals surface area (Å²) < 4.78 is 0. The van der Waals surface area contributed by atoms with Crippen LogP contribution in [-0.2, 0) is 4.79 Å². The van der Waals surface area contributed by atoms with Crippen LogP contribution in [0, 0.1) is 10.1 Å². The van der Waals surface area contributed by atoms with E-state index in [1.807, 2.05) is 0 Å². The number of nitro groups is 1. The second-order valence-electron chi connectivity index (χ2n) is 3.37. The van der Waals surface area contributed by atoms with Crippen LogP contribution in [0.1, 0.15) is 18.4 Å². The zero-order valence-electron chi connectivity index (χ0n) is 9.01. The highest BCUT2D eigenvalue weighted by Gasteiger charge is 2.01. The van der Waals surface area contributed by atoms with E-state index in [1.165, 1.54) is 6.08 Å². The molecule has 0 bridgehead atoms. The van der Waals surface area contributed by atoms with Gasteiger partial charge < -0.3 is 0 Å². The van der Waals surface area contributed by atoms with Gasteiger partial charge in [0.05, 0.1) is 0 Å². The summed E-state index contributed by atoms with van der Waals surface area (Å²) in [5.41, 5.74) is 0.761. The lowest BCUT2D eigenvalue weighted by Crippen LogP contribution is -2.03. The Morgan fingerprint density at radius 3 is 2.88 bits per heavy atom. The average Bonchev–Trinajstić information content (AvgIpc) is 2.28. The van der Waals surface area contributed by atoms with Crippen LogP contribution in [0.3, 0.4) is 0 Å². The molecule has 0 saturated carbocycles. The average molecular weight is 255 g/mol. The normalized spacial score (nSPS) is 10.6. The molecule has 1 rings (SSSR count). The highest BCUT2D eigenvalue weighted by Crippen LogP contribution is 2.07. The van der Waals surface area contributed by atoms with Crippen molar-refractivity contribution in [3.05, 3.63) is 45.2 Å². The Morgan fingerprint density at radius 2 is 2.29 bits per heavy atom. The number of hydrogen-bond donors (Lipinski definition) is 0. The third-order valence-electron chi connectivity index (χ3n) is 1.98. The number of halogens is 1. The quantitative estimate of drug-likeness (QED) is 0.338. The summed E-state index contributed by atoms with van der Waals surface area (Å²) in [6.07, 6.45) is 4.99. The Balaban J connectivity index is 2.40. The minimum Gasteiger partial charge on any atom is -0.295 e. The Labute approximate surface area is 103 Å². The van der Waals surface area contributed by atoms with Crippen molar-refractivity contribution in [2.75, 3.05) is 6.54 Å². The van der Waals surface area contributed by atoms with E-state index in [2.05, 4.69) is 4.98 Å². The molecule has 0 saturated heterocycles. The smallest absolute Gasteiger partial charge is 0.204 e. The van der Waals surface area contributed by atoms with Gasteiger partial charge in [0.1, 0.15) is 5.15 Å². The number of allylic oxidation sites excluding steroid dienone is 1. The second-order valence-corrected chi connectivity index (χ2v) is 3.76. The molecule has 1 aromatic rings. The SMILES string of the molecule is O=C(C=Cc1ccc(Cl)nc1)CCC[N+](=O)[O-]. The molecule has 17 heavy (non-hydrogen) atoms. The Morgan fingerprint density at radius 1 is 1.53 bits per heavy atom. The van der Waals surface area contributed by atoms with Crippen LogP contribution in [0.2, 0.25) is 5.15 Å². The number of carbonyl (C=O) groups excluding carboxylic acids is 1. The van der Waals surface area contributed by atoms with Crippen molar-refractivity contribution in [2.45, 2.75) is 12.8 Å². The summed E-state index contributed by atoms with van der Waals surface area (Å²) in [7, 11) is 0. The van der Waals surface area contributed by atoms with E-state index in [0.717, 1.165) is 5.56 Å². The fourth-order valence-electron chi connectivity index (χ4n) is 1.14. The monoisotopic (exact) mass is 254 g/mol. The molecule has 5 nitrogen and oxygen atoms in total. The van der Waals surface area contributed by atoms with Gasteiger partial charge in [-0.25, -0.2) is 4.98 Å². The van der Waals surface area contributed by atoms with E-state index < -0.39 is 4.92 Å². The van der Waals surface area contributed by atoms with Gasteiger partial charge in [0.15, 0.2) is 5.78 Å². The Bertz CT molecular complexity index is 429. The number of nitrogens with zero attached hydrogens (tertiary/aromatic N) is 2. The third-order valence-corrected chi connectivity index (χ3v) is 2.20. The van der Waals surface area contributed by atoms with E-state index in [-0.39, 0.29) is 25.2 Å². The molecule has 90 valence electrons. The molecule has 0 radical (unpaired) electrons. The van der Waals surface area contributed by atoms with Crippen LogP contribution in [0.25, 0.3) is 6.08 Å². The van der Waals surface area contributed by atoms with E-state index in [9.17, 15) is 14.9 Å². The summed E-state index contributed by atoms with van der Waals surface area (Å²) in [5, 5.41) is 10.4. The van der Waals surface area contributed by atoms with Crippen molar-refractivity contribution in [3.63, 3.8) is 0 Å². The highest BCUT2D eigenvalue weighted by atomic mass is 35.5. The molecule has 0 aromatic carbocycles. The maximum absolute atomic E-state index is 11.3. The fourth-order valence-corrected chi connectivity index (χ4v) is 1.25. The molecule has 0 aliphatic carbocycles. The van der Waals surface area contributed by atoms with Crippen molar-refractivity contribution >= 4 is 23.5 Å². The lowest BCUT2D eigenvalue weighted by atomic mass is 10.2. The molecule has 0 N–H and O–H groups in total. The molecule has 0 fully saturated rings. The van der Waals surface area contributed by atoms with Gasteiger partial charge >= 0.3 is 0 Å². The van der Waals surface area contributed by atoms with Gasteiger partial charge in [0, 0.05) is 24.0 Å². The summed E-state index contributed by atoms with van der Waals surface area (Å²) >= 11 is 5.61. The van der Waals surface area contributed by atoms with Crippen LogP contribution in [-0.4, -0.2) is 22.2 Å². The lowest BCUT2D eigenvalue weighted by Gasteiger charge is -1.94. The van der Waals surface area contributed by atoms with E-state index in [1.54, 1.807) is 24.4 Å². The van der Waals surface area contributed by atoms with Gasteiger partial charge in [0.25, 0.3) is 0 Å². The van der Waals surface area contributed by atoms with Crippen LogP contribution < -0.4 is 0 Å². The number of ketones is 1. The first-order valence-electron chi connectivity index (χ1n) is 5.02. The maximum Gasteiger partial charge on any atom is 0.204 e. The van der Waals surface area contributed by atoms with Crippen molar-refractivity contribution in [2.24, 2.45) is 0 Å². The predicted octanol–water partition coefficient (Wildman–Crippen LogP) is 2.37. The van der Waals surface area contributed by atoms with Crippen LogP contribution in [0.4, 0.5) is 0 Å². The molecule has 0 unspecified atom stereocenters.